The van der Waals surface area contributed by atoms with Gasteiger partial charge in [0.05, 0.1) is 6.10 Å². The van der Waals surface area contributed by atoms with E-state index < -0.39 is 0 Å². The average molecular weight is 247 g/mol. The zero-order chi connectivity index (χ0) is 12.8. The fraction of sp³-hybridized carbons (Fsp3) is 0.625. The Morgan fingerprint density at radius 2 is 2.17 bits per heavy atom. The summed E-state index contributed by atoms with van der Waals surface area (Å²) in [5.41, 5.74) is 1.31. The van der Waals surface area contributed by atoms with Gasteiger partial charge in [0.15, 0.2) is 0 Å². The fourth-order valence-corrected chi connectivity index (χ4v) is 2.16. The molecule has 1 N–H and O–H groups in total. The van der Waals surface area contributed by atoms with Crippen molar-refractivity contribution in [3.63, 3.8) is 0 Å². The van der Waals surface area contributed by atoms with Gasteiger partial charge in [-0.05, 0) is 56.8 Å². The molecular formula is C16H25NO. The van der Waals surface area contributed by atoms with E-state index in [4.69, 9.17) is 4.74 Å². The largest absolute Gasteiger partial charge is 0.491 e. The Labute approximate surface area is 111 Å². The van der Waals surface area contributed by atoms with Crippen LogP contribution in [0.2, 0.25) is 0 Å². The van der Waals surface area contributed by atoms with Crippen LogP contribution in [0.15, 0.2) is 24.3 Å². The molecule has 1 aliphatic carbocycles. The molecule has 100 valence electrons. The standard InChI is InChI=1S/C16H25NO/c1-13(2)18-16-7-3-5-15(11-16)12-17-10-4-6-14-8-9-14/h3,5,7,11,13-14,17H,4,6,8-10,12H2,1-2H3. The third-order valence-electron chi connectivity index (χ3n) is 3.26. The van der Waals surface area contributed by atoms with Crippen molar-refractivity contribution in [2.75, 3.05) is 6.54 Å². The first-order valence-corrected chi connectivity index (χ1v) is 7.20. The highest BCUT2D eigenvalue weighted by Crippen LogP contribution is 2.33. The van der Waals surface area contributed by atoms with Crippen LogP contribution in [0, 0.1) is 5.92 Å². The molecule has 2 rings (SSSR count). The molecule has 0 radical (unpaired) electrons. The lowest BCUT2D eigenvalue weighted by Gasteiger charge is -2.11. The number of rotatable bonds is 8. The summed E-state index contributed by atoms with van der Waals surface area (Å²) < 4.78 is 5.69. The average Bonchev–Trinajstić information content (AvgIpc) is 3.12. The molecule has 0 bridgehead atoms. The summed E-state index contributed by atoms with van der Waals surface area (Å²) in [6.45, 7) is 6.19. The molecule has 1 fully saturated rings. The normalized spacial score (nSPS) is 15.1. The van der Waals surface area contributed by atoms with Crippen molar-refractivity contribution in [2.45, 2.75) is 52.2 Å². The van der Waals surface area contributed by atoms with Gasteiger partial charge < -0.3 is 10.1 Å². The van der Waals surface area contributed by atoms with Crippen LogP contribution in [0.4, 0.5) is 0 Å². The topological polar surface area (TPSA) is 21.3 Å². The van der Waals surface area contributed by atoms with Crippen LogP contribution in [-0.4, -0.2) is 12.6 Å². The predicted molar refractivity (Wildman–Crippen MR) is 75.9 cm³/mol. The predicted octanol–water partition coefficient (Wildman–Crippen LogP) is 3.75. The van der Waals surface area contributed by atoms with Crippen molar-refractivity contribution < 1.29 is 4.74 Å². The summed E-state index contributed by atoms with van der Waals surface area (Å²) in [7, 11) is 0. The molecule has 1 saturated carbocycles. The van der Waals surface area contributed by atoms with Crippen molar-refractivity contribution in [1.29, 1.82) is 0 Å². The lowest BCUT2D eigenvalue weighted by Crippen LogP contribution is -2.15. The van der Waals surface area contributed by atoms with Gasteiger partial charge in [0.1, 0.15) is 5.75 Å². The second kappa shape index (κ2) is 6.79. The molecule has 0 atom stereocenters. The number of nitrogens with one attached hydrogen (secondary N) is 1. The van der Waals surface area contributed by atoms with Crippen molar-refractivity contribution >= 4 is 0 Å². The van der Waals surface area contributed by atoms with Crippen LogP contribution in [0.3, 0.4) is 0 Å². The molecule has 0 aromatic heterocycles. The van der Waals surface area contributed by atoms with E-state index in [-0.39, 0.29) is 6.10 Å². The highest BCUT2D eigenvalue weighted by molar-refractivity contribution is 5.28. The number of hydrogen-bond acceptors (Lipinski definition) is 2. The van der Waals surface area contributed by atoms with Gasteiger partial charge in [0.2, 0.25) is 0 Å². The molecule has 0 aliphatic heterocycles. The molecule has 0 heterocycles. The van der Waals surface area contributed by atoms with E-state index in [9.17, 15) is 0 Å². The molecule has 1 aliphatic rings. The van der Waals surface area contributed by atoms with Gasteiger partial charge in [-0.1, -0.05) is 25.0 Å². The highest BCUT2D eigenvalue weighted by Gasteiger charge is 2.19. The summed E-state index contributed by atoms with van der Waals surface area (Å²) in [6, 6.07) is 8.38. The SMILES string of the molecule is CC(C)Oc1cccc(CNCCCC2CC2)c1. The lowest BCUT2D eigenvalue weighted by molar-refractivity contribution is 0.242. The minimum Gasteiger partial charge on any atom is -0.491 e. The summed E-state index contributed by atoms with van der Waals surface area (Å²) in [6.07, 6.45) is 5.89. The Bertz CT molecular complexity index is 358. The summed E-state index contributed by atoms with van der Waals surface area (Å²) >= 11 is 0. The van der Waals surface area contributed by atoms with E-state index in [0.29, 0.717) is 0 Å². The lowest BCUT2D eigenvalue weighted by atomic mass is 10.2. The first-order valence-electron chi connectivity index (χ1n) is 7.20. The molecule has 0 saturated heterocycles. The molecule has 0 unspecified atom stereocenters. The molecule has 1 aromatic rings. The second-order valence-electron chi connectivity index (χ2n) is 5.58. The van der Waals surface area contributed by atoms with Crippen molar-refractivity contribution in [3.8, 4) is 5.75 Å². The first-order chi connectivity index (χ1) is 8.74. The Balaban J connectivity index is 1.67. The minimum absolute atomic E-state index is 0.242. The maximum atomic E-state index is 5.69. The van der Waals surface area contributed by atoms with Gasteiger partial charge in [0.25, 0.3) is 0 Å². The van der Waals surface area contributed by atoms with E-state index in [1.807, 2.05) is 6.07 Å². The molecule has 2 nitrogen and oxygen atoms in total. The summed E-state index contributed by atoms with van der Waals surface area (Å²) in [5, 5.41) is 3.51. The zero-order valence-electron chi connectivity index (χ0n) is 11.6. The van der Waals surface area contributed by atoms with E-state index in [2.05, 4.69) is 37.4 Å². The van der Waals surface area contributed by atoms with Crippen molar-refractivity contribution in [1.82, 2.24) is 5.32 Å². The zero-order valence-corrected chi connectivity index (χ0v) is 11.6. The molecule has 2 heteroatoms. The Kier molecular flexibility index (Phi) is 5.06. The fourth-order valence-electron chi connectivity index (χ4n) is 2.16. The van der Waals surface area contributed by atoms with Crippen LogP contribution >= 0.6 is 0 Å². The van der Waals surface area contributed by atoms with Crippen LogP contribution in [-0.2, 0) is 6.54 Å². The van der Waals surface area contributed by atoms with Gasteiger partial charge in [-0.25, -0.2) is 0 Å². The highest BCUT2D eigenvalue weighted by atomic mass is 16.5. The maximum Gasteiger partial charge on any atom is 0.120 e. The van der Waals surface area contributed by atoms with Crippen LogP contribution in [0.25, 0.3) is 0 Å². The number of ether oxygens (including phenoxy) is 1. The molecule has 1 aromatic carbocycles. The third kappa shape index (κ3) is 5.09. The Hall–Kier alpha value is -1.02. The van der Waals surface area contributed by atoms with E-state index >= 15 is 0 Å². The Morgan fingerprint density at radius 1 is 1.33 bits per heavy atom. The summed E-state index contributed by atoms with van der Waals surface area (Å²) in [4.78, 5) is 0. The molecule has 0 spiro atoms. The van der Waals surface area contributed by atoms with Gasteiger partial charge >= 0.3 is 0 Å². The van der Waals surface area contributed by atoms with E-state index in [1.54, 1.807) is 0 Å². The van der Waals surface area contributed by atoms with Crippen LogP contribution < -0.4 is 10.1 Å². The second-order valence-corrected chi connectivity index (χ2v) is 5.58. The minimum atomic E-state index is 0.242. The van der Waals surface area contributed by atoms with Crippen LogP contribution in [0.1, 0.15) is 45.1 Å². The number of hydrogen-bond donors (Lipinski definition) is 1. The molecular weight excluding hydrogens is 222 g/mol. The summed E-state index contributed by atoms with van der Waals surface area (Å²) in [5.74, 6) is 2.02. The molecule has 18 heavy (non-hydrogen) atoms. The molecule has 0 amide bonds. The van der Waals surface area contributed by atoms with Gasteiger partial charge in [0, 0.05) is 6.54 Å². The van der Waals surface area contributed by atoms with Crippen LogP contribution in [0.5, 0.6) is 5.75 Å². The van der Waals surface area contributed by atoms with Crippen molar-refractivity contribution in [2.24, 2.45) is 5.92 Å². The monoisotopic (exact) mass is 247 g/mol. The van der Waals surface area contributed by atoms with E-state index in [0.717, 1.165) is 24.8 Å². The van der Waals surface area contributed by atoms with Crippen molar-refractivity contribution in [3.05, 3.63) is 29.8 Å². The third-order valence-corrected chi connectivity index (χ3v) is 3.26. The van der Waals surface area contributed by atoms with Gasteiger partial charge in [-0.2, -0.15) is 0 Å². The number of benzene rings is 1. The van der Waals surface area contributed by atoms with E-state index in [1.165, 1.54) is 31.2 Å². The smallest absolute Gasteiger partial charge is 0.120 e. The quantitative estimate of drug-likeness (QED) is 0.706. The Morgan fingerprint density at radius 3 is 2.89 bits per heavy atom. The first kappa shape index (κ1) is 13.4. The maximum absolute atomic E-state index is 5.69. The van der Waals surface area contributed by atoms with Gasteiger partial charge in [-0.3, -0.25) is 0 Å². The van der Waals surface area contributed by atoms with Gasteiger partial charge in [-0.15, -0.1) is 0 Å².